The molecular weight excluding hydrogens is 300 g/mol. The van der Waals surface area contributed by atoms with Crippen molar-refractivity contribution in [1.29, 1.82) is 0 Å². The highest BCUT2D eigenvalue weighted by Gasteiger charge is 2.23. The smallest absolute Gasteiger partial charge is 0.312 e. The molecule has 0 N–H and O–H groups in total. The van der Waals surface area contributed by atoms with Gasteiger partial charge in [0.15, 0.2) is 0 Å². The molecule has 124 valence electrons. The highest BCUT2D eigenvalue weighted by Crippen LogP contribution is 2.21. The molecule has 0 spiro atoms. The summed E-state index contributed by atoms with van der Waals surface area (Å²) in [6.07, 6.45) is 1.70. The zero-order valence-electron chi connectivity index (χ0n) is 13.7. The summed E-state index contributed by atoms with van der Waals surface area (Å²) < 4.78 is 3.20. The lowest BCUT2D eigenvalue weighted by molar-refractivity contribution is -0.386. The Morgan fingerprint density at radius 1 is 1.39 bits per heavy atom. The van der Waals surface area contributed by atoms with Gasteiger partial charge in [0, 0.05) is 19.8 Å². The van der Waals surface area contributed by atoms with Gasteiger partial charge in [-0.25, -0.2) is 0 Å². The van der Waals surface area contributed by atoms with Gasteiger partial charge >= 0.3 is 5.69 Å². The van der Waals surface area contributed by atoms with Crippen LogP contribution in [0.2, 0.25) is 0 Å². The van der Waals surface area contributed by atoms with E-state index in [1.165, 1.54) is 4.68 Å². The molecule has 0 unspecified atom stereocenters. The molecule has 0 aliphatic rings. The van der Waals surface area contributed by atoms with Crippen molar-refractivity contribution in [2.45, 2.75) is 40.4 Å². The molecular formula is C14H20N6O3. The second kappa shape index (κ2) is 6.59. The molecule has 0 saturated heterocycles. The highest BCUT2D eigenvalue weighted by atomic mass is 16.6. The minimum Gasteiger partial charge on any atom is -0.338 e. The topological polar surface area (TPSA) is 99.1 Å². The number of aromatic nitrogens is 4. The molecule has 0 aromatic carbocycles. The maximum atomic E-state index is 12.3. The molecule has 2 heterocycles. The van der Waals surface area contributed by atoms with Crippen LogP contribution in [0.4, 0.5) is 5.69 Å². The molecule has 2 aromatic heterocycles. The van der Waals surface area contributed by atoms with Crippen LogP contribution >= 0.6 is 0 Å². The van der Waals surface area contributed by atoms with Crippen molar-refractivity contribution in [3.8, 4) is 0 Å². The molecule has 0 bridgehead atoms. The van der Waals surface area contributed by atoms with Crippen LogP contribution in [-0.4, -0.2) is 42.3 Å². The Morgan fingerprint density at radius 3 is 2.65 bits per heavy atom. The molecule has 0 radical (unpaired) electrons. The van der Waals surface area contributed by atoms with E-state index in [9.17, 15) is 14.9 Å². The summed E-state index contributed by atoms with van der Waals surface area (Å²) in [7, 11) is 1.69. The van der Waals surface area contributed by atoms with Gasteiger partial charge in [0.05, 0.1) is 17.2 Å². The van der Waals surface area contributed by atoms with Crippen LogP contribution in [0.25, 0.3) is 0 Å². The van der Waals surface area contributed by atoms with E-state index in [4.69, 9.17) is 0 Å². The summed E-state index contributed by atoms with van der Waals surface area (Å²) in [4.78, 5) is 24.4. The van der Waals surface area contributed by atoms with E-state index in [2.05, 4.69) is 10.2 Å². The first-order chi connectivity index (χ1) is 10.8. The van der Waals surface area contributed by atoms with Crippen LogP contribution in [-0.2, 0) is 24.4 Å². The molecule has 9 heteroatoms. The fraction of sp³-hybridized carbons (Fsp3) is 0.500. The van der Waals surface area contributed by atoms with Gasteiger partial charge in [-0.1, -0.05) is 0 Å². The lowest BCUT2D eigenvalue weighted by Crippen LogP contribution is -2.31. The molecule has 2 rings (SSSR count). The van der Waals surface area contributed by atoms with Crippen molar-refractivity contribution in [1.82, 2.24) is 24.5 Å². The van der Waals surface area contributed by atoms with Crippen molar-refractivity contribution in [3.63, 3.8) is 0 Å². The van der Waals surface area contributed by atoms with Crippen molar-refractivity contribution in [2.24, 2.45) is 0 Å². The Bertz CT molecular complexity index is 733. The van der Waals surface area contributed by atoms with Crippen LogP contribution in [0.1, 0.15) is 24.0 Å². The maximum absolute atomic E-state index is 12.3. The predicted octanol–water partition coefficient (Wildman–Crippen LogP) is 1.28. The van der Waals surface area contributed by atoms with E-state index in [0.29, 0.717) is 17.9 Å². The summed E-state index contributed by atoms with van der Waals surface area (Å²) in [6.45, 7) is 6.26. The second-order valence-corrected chi connectivity index (χ2v) is 5.32. The van der Waals surface area contributed by atoms with Crippen LogP contribution in [0.15, 0.2) is 12.3 Å². The minimum atomic E-state index is -0.470. The second-order valence-electron chi connectivity index (χ2n) is 5.32. The van der Waals surface area contributed by atoms with Gasteiger partial charge in [-0.2, -0.15) is 10.2 Å². The molecule has 0 aliphatic heterocycles. The van der Waals surface area contributed by atoms with Gasteiger partial charge in [0.1, 0.15) is 17.9 Å². The highest BCUT2D eigenvalue weighted by molar-refractivity contribution is 5.75. The van der Waals surface area contributed by atoms with Crippen LogP contribution < -0.4 is 0 Å². The standard InChI is InChI=1S/C14H20N6O3/c1-5-18-12(6-7-15-18)8-17(4)13(21)9-19-11(3)14(20(22)23)10(2)16-19/h6-7H,5,8-9H2,1-4H3. The lowest BCUT2D eigenvalue weighted by atomic mass is 10.3. The fourth-order valence-electron chi connectivity index (χ4n) is 2.46. The Morgan fingerprint density at radius 2 is 2.09 bits per heavy atom. The number of carbonyl (C=O) groups is 1. The van der Waals surface area contributed by atoms with Gasteiger partial charge in [0.25, 0.3) is 0 Å². The number of hydrogen-bond acceptors (Lipinski definition) is 5. The fourth-order valence-corrected chi connectivity index (χ4v) is 2.46. The van der Waals surface area contributed by atoms with Crippen molar-refractivity contribution in [3.05, 3.63) is 39.5 Å². The summed E-state index contributed by atoms with van der Waals surface area (Å²) >= 11 is 0. The molecule has 2 aromatic rings. The Labute approximate surface area is 133 Å². The first kappa shape index (κ1) is 16.7. The molecule has 23 heavy (non-hydrogen) atoms. The van der Waals surface area contributed by atoms with Crippen LogP contribution in [0.3, 0.4) is 0 Å². The van der Waals surface area contributed by atoms with Gasteiger partial charge in [-0.3, -0.25) is 24.3 Å². The summed E-state index contributed by atoms with van der Waals surface area (Å²) in [5.41, 5.74) is 1.59. The number of nitrogens with zero attached hydrogens (tertiary/aromatic N) is 6. The summed E-state index contributed by atoms with van der Waals surface area (Å²) in [5.74, 6) is -0.172. The number of carbonyl (C=O) groups excluding carboxylic acids is 1. The number of amides is 1. The van der Waals surface area contributed by atoms with E-state index in [-0.39, 0.29) is 18.1 Å². The summed E-state index contributed by atoms with van der Waals surface area (Å²) in [6, 6.07) is 1.86. The first-order valence-corrected chi connectivity index (χ1v) is 7.28. The number of likely N-dealkylation sites (N-methyl/N-ethyl adjacent to an activating group) is 1. The van der Waals surface area contributed by atoms with Crippen LogP contribution in [0, 0.1) is 24.0 Å². The molecule has 0 aliphatic carbocycles. The maximum Gasteiger partial charge on any atom is 0.312 e. The van der Waals surface area contributed by atoms with Gasteiger partial charge in [0.2, 0.25) is 5.91 Å². The normalized spacial score (nSPS) is 10.8. The van der Waals surface area contributed by atoms with Crippen molar-refractivity contribution < 1.29 is 9.72 Å². The van der Waals surface area contributed by atoms with Gasteiger partial charge < -0.3 is 4.90 Å². The zero-order chi connectivity index (χ0) is 17.1. The predicted molar refractivity (Wildman–Crippen MR) is 82.7 cm³/mol. The Hall–Kier alpha value is -2.71. The molecule has 0 fully saturated rings. The average molecular weight is 320 g/mol. The number of hydrogen-bond donors (Lipinski definition) is 0. The van der Waals surface area contributed by atoms with Crippen molar-refractivity contribution in [2.75, 3.05) is 7.05 Å². The third kappa shape index (κ3) is 3.38. The first-order valence-electron chi connectivity index (χ1n) is 7.28. The van der Waals surface area contributed by atoms with E-state index in [1.54, 1.807) is 32.0 Å². The molecule has 0 atom stereocenters. The lowest BCUT2D eigenvalue weighted by Gasteiger charge is -2.18. The van der Waals surface area contributed by atoms with Gasteiger partial charge in [-0.15, -0.1) is 0 Å². The monoisotopic (exact) mass is 320 g/mol. The Kier molecular flexibility index (Phi) is 4.77. The van der Waals surface area contributed by atoms with E-state index in [0.717, 1.165) is 12.2 Å². The zero-order valence-corrected chi connectivity index (χ0v) is 13.7. The quantitative estimate of drug-likeness (QED) is 0.590. The third-order valence-corrected chi connectivity index (χ3v) is 3.74. The largest absolute Gasteiger partial charge is 0.338 e. The number of aryl methyl sites for hydroxylation is 2. The number of rotatable bonds is 6. The average Bonchev–Trinajstić information content (AvgIpc) is 3.03. The van der Waals surface area contributed by atoms with E-state index in [1.807, 2.05) is 17.7 Å². The Balaban J connectivity index is 2.10. The van der Waals surface area contributed by atoms with Crippen LogP contribution in [0.5, 0.6) is 0 Å². The van der Waals surface area contributed by atoms with E-state index < -0.39 is 4.92 Å². The minimum absolute atomic E-state index is 0.0305. The van der Waals surface area contributed by atoms with Crippen molar-refractivity contribution >= 4 is 11.6 Å². The third-order valence-electron chi connectivity index (χ3n) is 3.74. The molecule has 9 nitrogen and oxygen atoms in total. The summed E-state index contributed by atoms with van der Waals surface area (Å²) in [5, 5.41) is 19.3. The molecule has 0 saturated carbocycles. The SMILES string of the molecule is CCn1nccc1CN(C)C(=O)Cn1nc(C)c([N+](=O)[O-])c1C. The number of nitro groups is 1. The molecule has 1 amide bonds. The van der Waals surface area contributed by atoms with E-state index >= 15 is 0 Å². The van der Waals surface area contributed by atoms with Gasteiger partial charge in [-0.05, 0) is 26.8 Å².